The van der Waals surface area contributed by atoms with Crippen LogP contribution in [-0.2, 0) is 9.53 Å². The smallest absolute Gasteiger partial charge is 0.333 e. The summed E-state index contributed by atoms with van der Waals surface area (Å²) in [5, 5.41) is 5.59. The minimum absolute atomic E-state index is 0.0301. The highest BCUT2D eigenvalue weighted by Crippen LogP contribution is 2.38. The number of ether oxygens (including phenoxy) is 3. The first-order valence-corrected chi connectivity index (χ1v) is 11.5. The molecule has 12 nitrogen and oxygen atoms in total. The molecule has 2 aromatic heterocycles. The quantitative estimate of drug-likeness (QED) is 0.551. The number of urea groups is 1. The maximum Gasteiger partial charge on any atom is 0.333 e. The number of piperidine rings is 1. The van der Waals surface area contributed by atoms with Crippen molar-refractivity contribution in [1.29, 1.82) is 0 Å². The second-order valence-corrected chi connectivity index (χ2v) is 8.89. The number of nitrogen functional groups attached to an aromatic ring is 1. The van der Waals surface area contributed by atoms with Gasteiger partial charge in [-0.25, -0.2) is 24.2 Å². The van der Waals surface area contributed by atoms with Crippen LogP contribution in [0.25, 0.3) is 22.3 Å². The Labute approximate surface area is 200 Å². The molecule has 12 heteroatoms. The molecule has 0 saturated carbocycles. The molecule has 0 radical (unpaired) electrons. The summed E-state index contributed by atoms with van der Waals surface area (Å²) in [6, 6.07) is 5.09. The van der Waals surface area contributed by atoms with Gasteiger partial charge in [0.25, 0.3) is 0 Å². The normalized spacial score (nSPS) is 21.7. The lowest BCUT2D eigenvalue weighted by Crippen LogP contribution is -2.76. The summed E-state index contributed by atoms with van der Waals surface area (Å²) in [7, 11) is 3.17. The molecule has 1 aromatic carbocycles. The Morgan fingerprint density at radius 2 is 1.91 bits per heavy atom. The number of hydrogen-bond donors (Lipinski definition) is 1. The number of carbonyl (C=O) groups is 2. The third-order valence-electron chi connectivity index (χ3n) is 7.08. The van der Waals surface area contributed by atoms with Crippen LogP contribution in [0.5, 0.6) is 11.5 Å². The van der Waals surface area contributed by atoms with Gasteiger partial charge in [-0.1, -0.05) is 0 Å². The highest BCUT2D eigenvalue weighted by molar-refractivity contribution is 5.98. The molecule has 0 spiro atoms. The lowest BCUT2D eigenvalue weighted by molar-refractivity contribution is -0.210. The van der Waals surface area contributed by atoms with Gasteiger partial charge in [-0.2, -0.15) is 5.10 Å². The number of nitrogens with two attached hydrogens (primary N) is 1. The van der Waals surface area contributed by atoms with E-state index in [0.717, 1.165) is 5.56 Å². The molecule has 182 valence electrons. The predicted octanol–water partition coefficient (Wildman–Crippen LogP) is 1.46. The van der Waals surface area contributed by atoms with Crippen molar-refractivity contribution in [1.82, 2.24) is 29.5 Å². The predicted molar refractivity (Wildman–Crippen MR) is 124 cm³/mol. The Balaban J connectivity index is 1.27. The van der Waals surface area contributed by atoms with Crippen molar-refractivity contribution in [2.24, 2.45) is 0 Å². The van der Waals surface area contributed by atoms with Crippen molar-refractivity contribution >= 4 is 28.9 Å². The molecule has 3 aliphatic heterocycles. The molecule has 2 atom stereocenters. The van der Waals surface area contributed by atoms with E-state index in [1.165, 1.54) is 6.33 Å². The number of anilines is 1. The number of likely N-dealkylation sites (tertiary alicyclic amines) is 2. The van der Waals surface area contributed by atoms with E-state index in [4.69, 9.17) is 25.0 Å². The molecule has 2 amide bonds. The number of methoxy groups -OCH3 is 2. The topological polar surface area (TPSA) is 138 Å². The van der Waals surface area contributed by atoms with E-state index in [9.17, 15) is 9.59 Å². The maximum atomic E-state index is 12.9. The van der Waals surface area contributed by atoms with Gasteiger partial charge in [-0.05, 0) is 31.0 Å². The van der Waals surface area contributed by atoms with Gasteiger partial charge in [0.05, 0.1) is 32.2 Å². The van der Waals surface area contributed by atoms with Crippen LogP contribution in [0.4, 0.5) is 10.6 Å². The second kappa shape index (κ2) is 8.00. The summed E-state index contributed by atoms with van der Waals surface area (Å²) < 4.78 is 17.7. The van der Waals surface area contributed by atoms with Gasteiger partial charge in [0.15, 0.2) is 29.3 Å². The van der Waals surface area contributed by atoms with E-state index < -0.39 is 6.04 Å². The van der Waals surface area contributed by atoms with Crippen LogP contribution in [0.1, 0.15) is 18.9 Å². The minimum atomic E-state index is -0.404. The molecule has 0 aliphatic carbocycles. The Kier molecular flexibility index (Phi) is 4.90. The van der Waals surface area contributed by atoms with Crippen LogP contribution in [0.3, 0.4) is 0 Å². The number of hydrogen-bond acceptors (Lipinski definition) is 9. The molecule has 5 heterocycles. The largest absolute Gasteiger partial charge is 0.493 e. The molecule has 3 fully saturated rings. The van der Waals surface area contributed by atoms with Crippen LogP contribution in [-0.4, -0.2) is 87.5 Å². The summed E-state index contributed by atoms with van der Waals surface area (Å²) in [4.78, 5) is 36.5. The van der Waals surface area contributed by atoms with Gasteiger partial charge >= 0.3 is 12.0 Å². The highest BCUT2D eigenvalue weighted by atomic mass is 16.6. The zero-order chi connectivity index (χ0) is 24.3. The average Bonchev–Trinajstić information content (AvgIpc) is 3.27. The first kappa shape index (κ1) is 21.4. The van der Waals surface area contributed by atoms with Crippen LogP contribution in [0, 0.1) is 0 Å². The molecule has 6 rings (SSSR count). The third kappa shape index (κ3) is 3.23. The van der Waals surface area contributed by atoms with E-state index in [1.54, 1.807) is 24.0 Å². The molecule has 0 bridgehead atoms. The average molecular weight is 479 g/mol. The summed E-state index contributed by atoms with van der Waals surface area (Å²) in [6.07, 6.45) is 2.71. The monoisotopic (exact) mass is 479 g/mol. The number of amides is 2. The lowest BCUT2D eigenvalue weighted by atomic mass is 9.94. The lowest BCUT2D eigenvalue weighted by Gasteiger charge is -2.53. The Hall–Kier alpha value is -4.09. The zero-order valence-electron chi connectivity index (χ0n) is 19.4. The van der Waals surface area contributed by atoms with Crippen LogP contribution in [0.15, 0.2) is 24.5 Å². The molecule has 35 heavy (non-hydrogen) atoms. The fourth-order valence-corrected chi connectivity index (χ4v) is 5.11. The summed E-state index contributed by atoms with van der Waals surface area (Å²) in [6.45, 7) is 1.59. The number of fused-ring (bicyclic) bond motifs is 2. The van der Waals surface area contributed by atoms with Crippen molar-refractivity contribution < 1.29 is 23.8 Å². The highest BCUT2D eigenvalue weighted by Gasteiger charge is 2.58. The van der Waals surface area contributed by atoms with Gasteiger partial charge in [0, 0.05) is 18.7 Å². The summed E-state index contributed by atoms with van der Waals surface area (Å²) >= 11 is 0. The fraction of sp³-hybridized carbons (Fsp3) is 0.435. The summed E-state index contributed by atoms with van der Waals surface area (Å²) in [5.41, 5.74) is 8.38. The number of carbonyl (C=O) groups excluding carboxylic acids is 2. The van der Waals surface area contributed by atoms with Gasteiger partial charge in [-0.15, -0.1) is 0 Å². The Morgan fingerprint density at radius 1 is 1.14 bits per heavy atom. The van der Waals surface area contributed by atoms with Crippen molar-refractivity contribution in [3.63, 3.8) is 0 Å². The van der Waals surface area contributed by atoms with Gasteiger partial charge in [0.2, 0.25) is 0 Å². The Bertz CT molecular complexity index is 1330. The molecule has 3 aliphatic rings. The zero-order valence-corrected chi connectivity index (χ0v) is 19.4. The molecule has 2 N–H and O–H groups in total. The first-order valence-electron chi connectivity index (χ1n) is 11.5. The van der Waals surface area contributed by atoms with Crippen molar-refractivity contribution in [2.45, 2.75) is 31.0 Å². The summed E-state index contributed by atoms with van der Waals surface area (Å²) in [5.74, 6) is 1.23. The van der Waals surface area contributed by atoms with Crippen molar-refractivity contribution in [3.05, 3.63) is 24.5 Å². The first-order chi connectivity index (χ1) is 17.0. The van der Waals surface area contributed by atoms with Crippen LogP contribution < -0.4 is 15.2 Å². The number of morpholine rings is 1. The minimum Gasteiger partial charge on any atom is -0.493 e. The molecular weight excluding hydrogens is 454 g/mol. The number of nitrogens with zero attached hydrogens (tertiary/aromatic N) is 6. The van der Waals surface area contributed by atoms with Gasteiger partial charge in [-0.3, -0.25) is 0 Å². The molecule has 1 unspecified atom stereocenters. The SMILES string of the molecule is COc1ccc(-c2nn(C3CCN(C(=O)N4C[C@@H]5OC(=O)C54)CC3)c3ncnc(N)c23)cc1OC. The number of benzene rings is 1. The maximum absolute atomic E-state index is 12.9. The van der Waals surface area contributed by atoms with E-state index in [-0.39, 0.29) is 24.1 Å². The molecule has 3 aromatic rings. The standard InChI is InChI=1S/C23H25N7O5/c1-33-14-4-3-12(9-15(14)34-2)18-17-20(24)25-11-26-21(17)30(27-18)13-5-7-28(8-6-13)23(32)29-10-16-19(29)22(31)35-16/h3-4,9,11,13,16,19H,5-8,10H2,1-2H3,(H2,24,25,26)/t16-,19?/m0/s1. The van der Waals surface area contributed by atoms with Crippen molar-refractivity contribution in [2.75, 3.05) is 39.6 Å². The van der Waals surface area contributed by atoms with Crippen LogP contribution >= 0.6 is 0 Å². The van der Waals surface area contributed by atoms with E-state index in [1.807, 2.05) is 22.9 Å². The third-order valence-corrected chi connectivity index (χ3v) is 7.08. The Morgan fingerprint density at radius 3 is 2.60 bits per heavy atom. The number of esters is 1. The molecular formula is C23H25N7O5. The number of aromatic nitrogens is 4. The van der Waals surface area contributed by atoms with Gasteiger partial charge in [0.1, 0.15) is 17.8 Å². The second-order valence-electron chi connectivity index (χ2n) is 8.89. The van der Waals surface area contributed by atoms with Gasteiger partial charge < -0.3 is 29.7 Å². The van der Waals surface area contributed by atoms with E-state index >= 15 is 0 Å². The van der Waals surface area contributed by atoms with Crippen LogP contribution in [0.2, 0.25) is 0 Å². The number of rotatable bonds is 4. The van der Waals surface area contributed by atoms with Crippen molar-refractivity contribution in [3.8, 4) is 22.8 Å². The molecule has 3 saturated heterocycles. The van der Waals surface area contributed by atoms with E-state index in [0.29, 0.717) is 66.5 Å². The fourth-order valence-electron chi connectivity index (χ4n) is 5.11. The van der Waals surface area contributed by atoms with E-state index in [2.05, 4.69) is 9.97 Å².